The van der Waals surface area contributed by atoms with Crippen LogP contribution in [-0.2, 0) is 5.75 Å². The molecule has 0 spiro atoms. The van der Waals surface area contributed by atoms with Gasteiger partial charge in [0.05, 0.1) is 0 Å². The Morgan fingerprint density at radius 3 is 2.78 bits per heavy atom. The molecule has 0 saturated heterocycles. The third kappa shape index (κ3) is 3.32. The molecule has 2 atom stereocenters. The minimum Gasteiger partial charge on any atom is -0.406 e. The molecular weight excluding hydrogens is 263 g/mol. The standard InChI is InChI=1S/C12H14F3NOS/c1-7-4-11(16)10-5-9(17-12(13,14)15)3-2-8(10)6-18-7/h2-3,5,7,11H,4,6,16H2,1H3. The number of hydrogen-bond donors (Lipinski definition) is 1. The van der Waals surface area contributed by atoms with E-state index in [-0.39, 0.29) is 11.8 Å². The van der Waals surface area contributed by atoms with Crippen LogP contribution in [0.25, 0.3) is 0 Å². The summed E-state index contributed by atoms with van der Waals surface area (Å²) in [5, 5.41) is 0.402. The van der Waals surface area contributed by atoms with Crippen molar-refractivity contribution in [1.82, 2.24) is 0 Å². The molecule has 0 aliphatic carbocycles. The minimum atomic E-state index is -4.66. The Morgan fingerprint density at radius 1 is 1.39 bits per heavy atom. The van der Waals surface area contributed by atoms with Gasteiger partial charge >= 0.3 is 6.36 Å². The molecule has 0 bridgehead atoms. The van der Waals surface area contributed by atoms with E-state index in [0.717, 1.165) is 23.3 Å². The fourth-order valence-corrected chi connectivity index (χ4v) is 3.10. The maximum absolute atomic E-state index is 12.2. The maximum Gasteiger partial charge on any atom is 0.573 e. The molecule has 1 aromatic carbocycles. The van der Waals surface area contributed by atoms with Crippen molar-refractivity contribution < 1.29 is 17.9 Å². The predicted octanol–water partition coefficient (Wildman–Crippen LogP) is 3.61. The van der Waals surface area contributed by atoms with Crippen LogP contribution < -0.4 is 10.5 Å². The lowest BCUT2D eigenvalue weighted by Crippen LogP contribution is -2.18. The number of nitrogens with two attached hydrogens (primary N) is 1. The highest BCUT2D eigenvalue weighted by Crippen LogP contribution is 2.36. The molecule has 2 N–H and O–H groups in total. The van der Waals surface area contributed by atoms with Gasteiger partial charge in [-0.2, -0.15) is 11.8 Å². The van der Waals surface area contributed by atoms with Gasteiger partial charge in [0.2, 0.25) is 0 Å². The van der Waals surface area contributed by atoms with Crippen molar-refractivity contribution in [3.05, 3.63) is 29.3 Å². The second-order valence-corrected chi connectivity index (χ2v) is 5.80. The van der Waals surface area contributed by atoms with Crippen molar-refractivity contribution >= 4 is 11.8 Å². The molecule has 2 unspecified atom stereocenters. The Kier molecular flexibility index (Phi) is 3.77. The fourth-order valence-electron chi connectivity index (χ4n) is 2.03. The molecule has 6 heteroatoms. The first kappa shape index (κ1) is 13.5. The first-order valence-electron chi connectivity index (χ1n) is 5.61. The molecule has 18 heavy (non-hydrogen) atoms. The van der Waals surface area contributed by atoms with Crippen molar-refractivity contribution in [2.24, 2.45) is 5.73 Å². The first-order chi connectivity index (χ1) is 8.35. The lowest BCUT2D eigenvalue weighted by Gasteiger charge is -2.16. The molecule has 0 radical (unpaired) electrons. The van der Waals surface area contributed by atoms with Gasteiger partial charge < -0.3 is 10.5 Å². The molecule has 2 nitrogen and oxygen atoms in total. The van der Waals surface area contributed by atoms with Crippen molar-refractivity contribution in [3.63, 3.8) is 0 Å². The van der Waals surface area contributed by atoms with Crippen LogP contribution in [0.2, 0.25) is 0 Å². The highest BCUT2D eigenvalue weighted by Gasteiger charge is 2.31. The molecule has 1 aliphatic heterocycles. The zero-order valence-electron chi connectivity index (χ0n) is 9.83. The molecule has 2 rings (SSSR count). The summed E-state index contributed by atoms with van der Waals surface area (Å²) in [7, 11) is 0. The van der Waals surface area contributed by atoms with Crippen LogP contribution in [0.4, 0.5) is 13.2 Å². The van der Waals surface area contributed by atoms with Gasteiger partial charge in [0.15, 0.2) is 0 Å². The predicted molar refractivity (Wildman–Crippen MR) is 65.4 cm³/mol. The van der Waals surface area contributed by atoms with E-state index in [9.17, 15) is 13.2 Å². The molecule has 1 aliphatic rings. The van der Waals surface area contributed by atoms with Crippen molar-refractivity contribution in [2.45, 2.75) is 36.8 Å². The average molecular weight is 277 g/mol. The number of ether oxygens (including phenoxy) is 1. The number of benzene rings is 1. The molecule has 1 aromatic rings. The van der Waals surface area contributed by atoms with E-state index in [4.69, 9.17) is 5.73 Å². The quantitative estimate of drug-likeness (QED) is 0.851. The van der Waals surface area contributed by atoms with E-state index < -0.39 is 6.36 Å². The topological polar surface area (TPSA) is 35.2 Å². The normalized spacial score (nSPS) is 24.3. The number of halogens is 3. The Labute approximate surface area is 108 Å². The van der Waals surface area contributed by atoms with Crippen molar-refractivity contribution in [2.75, 3.05) is 0 Å². The van der Waals surface area contributed by atoms with Gasteiger partial charge in [-0.05, 0) is 29.7 Å². The van der Waals surface area contributed by atoms with Crippen molar-refractivity contribution in [3.8, 4) is 5.75 Å². The lowest BCUT2D eigenvalue weighted by atomic mass is 9.98. The number of fused-ring (bicyclic) bond motifs is 1. The molecular formula is C12H14F3NOS. The third-order valence-corrected chi connectivity index (χ3v) is 4.10. The van der Waals surface area contributed by atoms with E-state index in [1.807, 2.05) is 0 Å². The molecule has 100 valence electrons. The van der Waals surface area contributed by atoms with E-state index in [1.165, 1.54) is 12.1 Å². The van der Waals surface area contributed by atoms with Crippen molar-refractivity contribution in [1.29, 1.82) is 0 Å². The van der Waals surface area contributed by atoms with E-state index in [2.05, 4.69) is 11.7 Å². The van der Waals surface area contributed by atoms with Crippen LogP contribution in [0.1, 0.15) is 30.5 Å². The number of alkyl halides is 3. The molecule has 0 fully saturated rings. The van der Waals surface area contributed by atoms with Crippen LogP contribution in [-0.4, -0.2) is 11.6 Å². The Hall–Kier alpha value is -0.880. The Bertz CT molecular complexity index is 436. The first-order valence-corrected chi connectivity index (χ1v) is 6.66. The van der Waals surface area contributed by atoms with E-state index >= 15 is 0 Å². The van der Waals surface area contributed by atoms with Gasteiger partial charge in [0.25, 0.3) is 0 Å². The fraction of sp³-hybridized carbons (Fsp3) is 0.500. The van der Waals surface area contributed by atoms with Crippen LogP contribution >= 0.6 is 11.8 Å². The van der Waals surface area contributed by atoms with Gasteiger partial charge in [-0.1, -0.05) is 13.0 Å². The van der Waals surface area contributed by atoms with Crippen LogP contribution in [0.5, 0.6) is 5.75 Å². The zero-order valence-corrected chi connectivity index (χ0v) is 10.6. The molecule has 1 heterocycles. The average Bonchev–Trinajstić information content (AvgIpc) is 2.37. The summed E-state index contributed by atoms with van der Waals surface area (Å²) < 4.78 is 40.4. The van der Waals surface area contributed by atoms with Gasteiger partial charge in [0.1, 0.15) is 5.75 Å². The second kappa shape index (κ2) is 5.01. The summed E-state index contributed by atoms with van der Waals surface area (Å²) in [6.45, 7) is 2.07. The van der Waals surface area contributed by atoms with Crippen LogP contribution in [0.15, 0.2) is 18.2 Å². The summed E-state index contributed by atoms with van der Waals surface area (Å²) in [4.78, 5) is 0. The summed E-state index contributed by atoms with van der Waals surface area (Å²) in [5.74, 6) is 0.576. The highest BCUT2D eigenvalue weighted by molar-refractivity contribution is 7.99. The smallest absolute Gasteiger partial charge is 0.406 e. The van der Waals surface area contributed by atoms with Gasteiger partial charge in [-0.15, -0.1) is 13.2 Å². The molecule has 0 saturated carbocycles. The van der Waals surface area contributed by atoms with Crippen LogP contribution in [0, 0.1) is 0 Å². The number of thioether (sulfide) groups is 1. The van der Waals surface area contributed by atoms with E-state index in [0.29, 0.717) is 5.25 Å². The van der Waals surface area contributed by atoms with Crippen LogP contribution in [0.3, 0.4) is 0 Å². The van der Waals surface area contributed by atoms with E-state index in [1.54, 1.807) is 17.8 Å². The largest absolute Gasteiger partial charge is 0.573 e. The van der Waals surface area contributed by atoms with Gasteiger partial charge in [-0.3, -0.25) is 0 Å². The third-order valence-electron chi connectivity index (χ3n) is 2.86. The summed E-state index contributed by atoms with van der Waals surface area (Å²) in [6.07, 6.45) is -3.90. The second-order valence-electron chi connectivity index (χ2n) is 4.37. The van der Waals surface area contributed by atoms with Gasteiger partial charge in [0, 0.05) is 17.0 Å². The summed E-state index contributed by atoms with van der Waals surface area (Å²) in [5.41, 5.74) is 7.77. The highest BCUT2D eigenvalue weighted by atomic mass is 32.2. The zero-order chi connectivity index (χ0) is 13.3. The lowest BCUT2D eigenvalue weighted by molar-refractivity contribution is -0.274. The molecule has 0 amide bonds. The maximum atomic E-state index is 12.2. The number of hydrogen-bond acceptors (Lipinski definition) is 3. The molecule has 0 aromatic heterocycles. The monoisotopic (exact) mass is 277 g/mol. The summed E-state index contributed by atoms with van der Waals surface area (Å²) in [6, 6.07) is 4.19. The SMILES string of the molecule is CC1CC(N)c2cc(OC(F)(F)F)ccc2CS1. The number of rotatable bonds is 1. The Balaban J connectivity index is 2.28. The van der Waals surface area contributed by atoms with Gasteiger partial charge in [-0.25, -0.2) is 0 Å². The minimum absolute atomic E-state index is 0.198. The Morgan fingerprint density at radius 2 is 2.11 bits per heavy atom. The summed E-state index contributed by atoms with van der Waals surface area (Å²) >= 11 is 1.76.